The predicted octanol–water partition coefficient (Wildman–Crippen LogP) is 5.00. The molecule has 0 unspecified atom stereocenters. The largest absolute Gasteiger partial charge is 0.350 e. The Bertz CT molecular complexity index is 739. The minimum atomic E-state index is 0.771. The van der Waals surface area contributed by atoms with Gasteiger partial charge in [0.15, 0.2) is 0 Å². The Balaban J connectivity index is 2.04. The molecule has 0 aliphatic rings. The molecule has 0 bridgehead atoms. The van der Waals surface area contributed by atoms with Gasteiger partial charge in [-0.3, -0.25) is 0 Å². The third-order valence-electron chi connectivity index (χ3n) is 3.24. The van der Waals surface area contributed by atoms with Gasteiger partial charge in [0.25, 0.3) is 0 Å². The lowest BCUT2D eigenvalue weighted by Gasteiger charge is -1.96. The van der Waals surface area contributed by atoms with Gasteiger partial charge in [0.05, 0.1) is 0 Å². The van der Waals surface area contributed by atoms with Crippen LogP contribution in [-0.2, 0) is 7.05 Å². The van der Waals surface area contributed by atoms with Crippen LogP contribution in [0.1, 0.15) is 11.1 Å². The molecule has 0 radical (unpaired) electrons. The molecule has 1 aromatic heterocycles. The van der Waals surface area contributed by atoms with Gasteiger partial charge in [0, 0.05) is 29.2 Å². The molecule has 2 heteroatoms. The van der Waals surface area contributed by atoms with E-state index in [4.69, 9.17) is 11.6 Å². The zero-order chi connectivity index (χ0) is 13.2. The zero-order valence-electron chi connectivity index (χ0n) is 10.7. The molecule has 2 aromatic carbocycles. The number of rotatable bonds is 2. The van der Waals surface area contributed by atoms with E-state index in [1.54, 1.807) is 0 Å². The van der Waals surface area contributed by atoms with Crippen molar-refractivity contribution in [1.29, 1.82) is 0 Å². The van der Waals surface area contributed by atoms with Crippen molar-refractivity contribution in [3.63, 3.8) is 0 Å². The fraction of sp³-hybridized carbons (Fsp3) is 0.0588. The Hall–Kier alpha value is -1.99. The predicted molar refractivity (Wildman–Crippen MR) is 83.3 cm³/mol. The van der Waals surface area contributed by atoms with Gasteiger partial charge < -0.3 is 4.57 Å². The molecule has 0 saturated heterocycles. The molecular formula is C17H14ClN. The summed E-state index contributed by atoms with van der Waals surface area (Å²) >= 11 is 6.04. The van der Waals surface area contributed by atoms with Gasteiger partial charge >= 0.3 is 0 Å². The van der Waals surface area contributed by atoms with E-state index in [9.17, 15) is 0 Å². The number of hydrogen-bond donors (Lipinski definition) is 0. The lowest BCUT2D eigenvalue weighted by molar-refractivity contribution is 0.968. The minimum Gasteiger partial charge on any atom is -0.350 e. The van der Waals surface area contributed by atoms with Crippen LogP contribution in [-0.4, -0.2) is 4.57 Å². The number of halogens is 1. The Morgan fingerprint density at radius 2 is 1.79 bits per heavy atom. The summed E-state index contributed by atoms with van der Waals surface area (Å²) in [6.45, 7) is 0. The molecule has 0 N–H and O–H groups in total. The van der Waals surface area contributed by atoms with Gasteiger partial charge in [-0.2, -0.15) is 0 Å². The maximum atomic E-state index is 6.04. The molecule has 0 spiro atoms. The van der Waals surface area contributed by atoms with E-state index in [2.05, 4.69) is 41.1 Å². The van der Waals surface area contributed by atoms with Crippen LogP contribution in [0.2, 0.25) is 5.02 Å². The minimum absolute atomic E-state index is 0.771. The molecule has 0 fully saturated rings. The highest BCUT2D eigenvalue weighted by atomic mass is 35.5. The van der Waals surface area contributed by atoms with Crippen LogP contribution < -0.4 is 0 Å². The van der Waals surface area contributed by atoms with E-state index in [1.165, 1.54) is 16.5 Å². The molecule has 19 heavy (non-hydrogen) atoms. The lowest BCUT2D eigenvalue weighted by atomic mass is 10.1. The van der Waals surface area contributed by atoms with Crippen LogP contribution in [0.3, 0.4) is 0 Å². The summed E-state index contributed by atoms with van der Waals surface area (Å²) in [7, 11) is 2.04. The van der Waals surface area contributed by atoms with Crippen LogP contribution in [0.4, 0.5) is 0 Å². The molecule has 1 nitrogen and oxygen atoms in total. The van der Waals surface area contributed by atoms with E-state index >= 15 is 0 Å². The summed E-state index contributed by atoms with van der Waals surface area (Å²) in [5.74, 6) is 0. The SMILES string of the molecule is Cn1cc(/C=C/c2ccccc2)c2ccc(Cl)cc21. The molecule has 0 aliphatic carbocycles. The van der Waals surface area contributed by atoms with Gasteiger partial charge in [0.1, 0.15) is 0 Å². The van der Waals surface area contributed by atoms with Crippen molar-refractivity contribution in [2.24, 2.45) is 7.05 Å². The fourth-order valence-corrected chi connectivity index (χ4v) is 2.44. The number of aryl methyl sites for hydroxylation is 1. The van der Waals surface area contributed by atoms with Crippen molar-refractivity contribution < 1.29 is 0 Å². The average molecular weight is 268 g/mol. The molecular weight excluding hydrogens is 254 g/mol. The summed E-state index contributed by atoms with van der Waals surface area (Å²) in [4.78, 5) is 0. The zero-order valence-corrected chi connectivity index (χ0v) is 11.4. The number of aromatic nitrogens is 1. The van der Waals surface area contributed by atoms with Crippen molar-refractivity contribution in [3.8, 4) is 0 Å². The second kappa shape index (κ2) is 4.94. The summed E-state index contributed by atoms with van der Waals surface area (Å²) in [5, 5.41) is 1.99. The molecule has 3 aromatic rings. The van der Waals surface area contributed by atoms with Gasteiger partial charge in [-0.25, -0.2) is 0 Å². The first kappa shape index (κ1) is 12.1. The third-order valence-corrected chi connectivity index (χ3v) is 3.47. The van der Waals surface area contributed by atoms with Gasteiger partial charge in [0.2, 0.25) is 0 Å². The van der Waals surface area contributed by atoms with Crippen LogP contribution in [0, 0.1) is 0 Å². The van der Waals surface area contributed by atoms with Gasteiger partial charge in [-0.05, 0) is 23.3 Å². The van der Waals surface area contributed by atoms with Crippen LogP contribution in [0.25, 0.3) is 23.1 Å². The van der Waals surface area contributed by atoms with Crippen molar-refractivity contribution in [2.45, 2.75) is 0 Å². The summed E-state index contributed by atoms with van der Waals surface area (Å²) in [5.41, 5.74) is 3.56. The van der Waals surface area contributed by atoms with E-state index in [-0.39, 0.29) is 0 Å². The first-order valence-electron chi connectivity index (χ1n) is 6.22. The number of nitrogens with zero attached hydrogens (tertiary/aromatic N) is 1. The monoisotopic (exact) mass is 267 g/mol. The summed E-state index contributed by atoms with van der Waals surface area (Å²) < 4.78 is 2.10. The van der Waals surface area contributed by atoms with E-state index < -0.39 is 0 Å². The molecule has 0 atom stereocenters. The molecule has 3 rings (SSSR count). The molecule has 0 saturated carbocycles. The van der Waals surface area contributed by atoms with E-state index in [0.29, 0.717) is 0 Å². The van der Waals surface area contributed by atoms with Gasteiger partial charge in [-0.15, -0.1) is 0 Å². The Morgan fingerprint density at radius 3 is 2.58 bits per heavy atom. The van der Waals surface area contributed by atoms with Crippen molar-refractivity contribution in [2.75, 3.05) is 0 Å². The molecule has 94 valence electrons. The third kappa shape index (κ3) is 2.42. The highest BCUT2D eigenvalue weighted by Crippen LogP contribution is 2.25. The van der Waals surface area contributed by atoms with Crippen LogP contribution >= 0.6 is 11.6 Å². The highest BCUT2D eigenvalue weighted by Gasteiger charge is 2.04. The molecule has 0 aliphatic heterocycles. The van der Waals surface area contributed by atoms with Crippen LogP contribution in [0.5, 0.6) is 0 Å². The summed E-state index contributed by atoms with van der Waals surface area (Å²) in [6.07, 6.45) is 6.40. The van der Waals surface area contributed by atoms with E-state index in [0.717, 1.165) is 10.5 Å². The Kier molecular flexibility index (Phi) is 3.14. The first-order chi connectivity index (χ1) is 9.24. The molecule has 0 amide bonds. The normalized spacial score (nSPS) is 11.5. The van der Waals surface area contributed by atoms with Gasteiger partial charge in [-0.1, -0.05) is 60.2 Å². The highest BCUT2D eigenvalue weighted by molar-refractivity contribution is 6.31. The number of fused-ring (bicyclic) bond motifs is 1. The van der Waals surface area contributed by atoms with E-state index in [1.807, 2.05) is 37.4 Å². The standard InChI is InChI=1S/C17H14ClN/c1-19-12-14(8-7-13-5-3-2-4-6-13)16-10-9-15(18)11-17(16)19/h2-12H,1H3/b8-7+. The molecule has 1 heterocycles. The van der Waals surface area contributed by atoms with Crippen molar-refractivity contribution in [3.05, 3.63) is 70.9 Å². The maximum absolute atomic E-state index is 6.04. The number of hydrogen-bond acceptors (Lipinski definition) is 0. The van der Waals surface area contributed by atoms with Crippen LogP contribution in [0.15, 0.2) is 54.7 Å². The fourth-order valence-electron chi connectivity index (χ4n) is 2.27. The second-order valence-electron chi connectivity index (χ2n) is 4.60. The van der Waals surface area contributed by atoms with Crippen molar-refractivity contribution in [1.82, 2.24) is 4.57 Å². The number of benzene rings is 2. The average Bonchev–Trinajstić information content (AvgIpc) is 2.74. The Labute approximate surface area is 117 Å². The topological polar surface area (TPSA) is 4.93 Å². The maximum Gasteiger partial charge on any atom is 0.0498 e. The van der Waals surface area contributed by atoms with Crippen molar-refractivity contribution >= 4 is 34.7 Å². The summed E-state index contributed by atoms with van der Waals surface area (Å²) in [6, 6.07) is 16.3. The smallest absolute Gasteiger partial charge is 0.0498 e. The Morgan fingerprint density at radius 1 is 1.00 bits per heavy atom. The first-order valence-corrected chi connectivity index (χ1v) is 6.59. The quantitative estimate of drug-likeness (QED) is 0.616. The second-order valence-corrected chi connectivity index (χ2v) is 5.04. The lowest BCUT2D eigenvalue weighted by Crippen LogP contribution is -1.82.